The number of allylic oxidation sites excluding steroid dienone is 1. The first kappa shape index (κ1) is 28.6. The first-order valence-corrected chi connectivity index (χ1v) is 17.0. The summed E-state index contributed by atoms with van der Waals surface area (Å²) in [5, 5.41) is 12.9. The van der Waals surface area contributed by atoms with Crippen molar-refractivity contribution >= 4 is 0 Å². The van der Waals surface area contributed by atoms with E-state index in [0.29, 0.717) is 18.6 Å². The van der Waals surface area contributed by atoms with Crippen LogP contribution >= 0.6 is 0 Å². The first-order valence-electron chi connectivity index (χ1n) is 17.0. The first-order chi connectivity index (χ1) is 19.9. The Bertz CT molecular complexity index is 1080. The van der Waals surface area contributed by atoms with E-state index in [4.69, 9.17) is 13.9 Å². The maximum atomic E-state index is 12.9. The van der Waals surface area contributed by atoms with Gasteiger partial charge in [-0.25, -0.2) is 0 Å². The molecule has 3 saturated carbocycles. The summed E-state index contributed by atoms with van der Waals surface area (Å²) in [5.41, 5.74) is 0.0790. The van der Waals surface area contributed by atoms with Crippen LogP contribution in [0, 0.1) is 22.7 Å². The fourth-order valence-electron chi connectivity index (χ4n) is 10.7. The number of hydrogen-bond acceptors (Lipinski definition) is 6. The standard InChI is InChI=1S/C35H54N2O4/c1-32-13-11-28(39-24-21-36-17-3-4-18-36)26-27(32)9-10-30-29(32)12-14-33(2)34(30,38)15-16-35(33,31-8-7-23-40-31)41-25-22-37-19-5-6-20-37/h7-9,23,28-30,38H,3-6,10-22,24-26H2,1-2H3/t28-,29-,30+,32-,33-,34-,35-/m0/s1. The maximum absolute atomic E-state index is 12.9. The quantitative estimate of drug-likeness (QED) is 0.362. The van der Waals surface area contributed by atoms with Gasteiger partial charge in [0.05, 0.1) is 31.2 Å². The summed E-state index contributed by atoms with van der Waals surface area (Å²) in [4.78, 5) is 5.08. The van der Waals surface area contributed by atoms with E-state index in [1.165, 1.54) is 58.3 Å². The number of aliphatic hydroxyl groups is 1. The molecule has 0 bridgehead atoms. The van der Waals surface area contributed by atoms with Gasteiger partial charge in [0, 0.05) is 18.5 Å². The van der Waals surface area contributed by atoms with Crippen LogP contribution in [0.2, 0.25) is 0 Å². The number of rotatable bonds is 9. The summed E-state index contributed by atoms with van der Waals surface area (Å²) in [5.74, 6) is 1.70. The van der Waals surface area contributed by atoms with E-state index in [2.05, 4.69) is 35.8 Å². The van der Waals surface area contributed by atoms with Crippen molar-refractivity contribution in [3.05, 3.63) is 35.8 Å². The monoisotopic (exact) mass is 566 g/mol. The third-order valence-electron chi connectivity index (χ3n) is 13.2. The van der Waals surface area contributed by atoms with Gasteiger partial charge in [0.2, 0.25) is 0 Å². The van der Waals surface area contributed by atoms with Crippen molar-refractivity contribution in [2.45, 2.75) is 108 Å². The normalized spacial score (nSPS) is 43.1. The third kappa shape index (κ3) is 4.61. The molecule has 0 spiro atoms. The van der Waals surface area contributed by atoms with Gasteiger partial charge in [-0.2, -0.15) is 0 Å². The molecule has 1 aromatic rings. The molecule has 0 aromatic carbocycles. The van der Waals surface area contributed by atoms with E-state index in [1.54, 1.807) is 11.8 Å². The van der Waals surface area contributed by atoms with Gasteiger partial charge >= 0.3 is 0 Å². The minimum atomic E-state index is -0.759. The topological polar surface area (TPSA) is 58.3 Å². The summed E-state index contributed by atoms with van der Waals surface area (Å²) in [6, 6.07) is 4.10. The average Bonchev–Trinajstić information content (AvgIpc) is 3.79. The van der Waals surface area contributed by atoms with Crippen LogP contribution in [-0.2, 0) is 15.1 Å². The highest BCUT2D eigenvalue weighted by molar-refractivity contribution is 5.32. The summed E-state index contributed by atoms with van der Waals surface area (Å²) in [6.07, 6.45) is 18.1. The minimum Gasteiger partial charge on any atom is -0.466 e. The zero-order valence-electron chi connectivity index (χ0n) is 25.7. The lowest BCUT2D eigenvalue weighted by Crippen LogP contribution is -2.63. The van der Waals surface area contributed by atoms with Gasteiger partial charge in [-0.05, 0) is 133 Å². The minimum absolute atomic E-state index is 0.168. The van der Waals surface area contributed by atoms with Crippen LogP contribution in [0.4, 0.5) is 0 Å². The third-order valence-corrected chi connectivity index (χ3v) is 13.2. The Kier molecular flexibility index (Phi) is 7.72. The van der Waals surface area contributed by atoms with Crippen molar-refractivity contribution in [2.24, 2.45) is 22.7 Å². The molecule has 7 rings (SSSR count). The second-order valence-electron chi connectivity index (χ2n) is 14.9. The van der Waals surface area contributed by atoms with Crippen LogP contribution in [0.15, 0.2) is 34.5 Å². The van der Waals surface area contributed by atoms with Crippen molar-refractivity contribution < 1.29 is 19.0 Å². The Hall–Kier alpha value is -1.18. The molecule has 0 amide bonds. The number of likely N-dealkylation sites (tertiary alicyclic amines) is 2. The number of ether oxygens (including phenoxy) is 2. The number of nitrogens with zero attached hydrogens (tertiary/aromatic N) is 2. The molecule has 1 N–H and O–H groups in total. The van der Waals surface area contributed by atoms with Gasteiger partial charge in [-0.3, -0.25) is 0 Å². The predicted octanol–water partition coefficient (Wildman–Crippen LogP) is 6.15. The van der Waals surface area contributed by atoms with Crippen molar-refractivity contribution in [1.29, 1.82) is 0 Å². The molecule has 7 atom stereocenters. The van der Waals surface area contributed by atoms with E-state index >= 15 is 0 Å². The summed E-state index contributed by atoms with van der Waals surface area (Å²) < 4.78 is 19.6. The van der Waals surface area contributed by atoms with Crippen molar-refractivity contribution in [3.63, 3.8) is 0 Å². The summed E-state index contributed by atoms with van der Waals surface area (Å²) in [7, 11) is 0. The van der Waals surface area contributed by atoms with Crippen molar-refractivity contribution in [2.75, 3.05) is 52.5 Å². The summed E-state index contributed by atoms with van der Waals surface area (Å²) >= 11 is 0. The van der Waals surface area contributed by atoms with Gasteiger partial charge < -0.3 is 28.8 Å². The largest absolute Gasteiger partial charge is 0.466 e. The van der Waals surface area contributed by atoms with Crippen LogP contribution in [0.1, 0.15) is 96.7 Å². The molecule has 2 aliphatic heterocycles. The average molecular weight is 567 g/mol. The fourth-order valence-corrected chi connectivity index (χ4v) is 10.7. The number of hydrogen-bond donors (Lipinski definition) is 1. The van der Waals surface area contributed by atoms with Crippen LogP contribution < -0.4 is 0 Å². The van der Waals surface area contributed by atoms with E-state index in [0.717, 1.165) is 70.4 Å². The molecule has 6 aliphatic rings. The SMILES string of the molecule is C[C@]12CC[C@H]3[C@@H](CC=C4C[C@@H](OCCN5CCCC5)CC[C@@]43C)[C@@]1(O)CC[C@]2(OCCN1CCCC1)c1ccco1. The zero-order chi connectivity index (χ0) is 28.1. The predicted molar refractivity (Wildman–Crippen MR) is 161 cm³/mol. The Labute approximate surface area is 247 Å². The van der Waals surface area contributed by atoms with Gasteiger partial charge in [-0.15, -0.1) is 0 Å². The summed E-state index contributed by atoms with van der Waals surface area (Å²) in [6.45, 7) is 13.3. The lowest BCUT2D eigenvalue weighted by Gasteiger charge is -2.62. The van der Waals surface area contributed by atoms with Crippen molar-refractivity contribution in [3.8, 4) is 0 Å². The van der Waals surface area contributed by atoms with Gasteiger partial charge in [0.1, 0.15) is 11.4 Å². The Morgan fingerprint density at radius 1 is 0.902 bits per heavy atom. The molecule has 228 valence electrons. The Morgan fingerprint density at radius 2 is 1.63 bits per heavy atom. The zero-order valence-corrected chi connectivity index (χ0v) is 25.7. The second-order valence-corrected chi connectivity index (χ2v) is 14.9. The van der Waals surface area contributed by atoms with Crippen molar-refractivity contribution in [1.82, 2.24) is 9.80 Å². The second kappa shape index (κ2) is 11.1. The lowest BCUT2D eigenvalue weighted by atomic mass is 9.45. The molecule has 5 fully saturated rings. The lowest BCUT2D eigenvalue weighted by molar-refractivity contribution is -0.237. The van der Waals surface area contributed by atoms with Crippen LogP contribution in [0.25, 0.3) is 0 Å². The molecule has 6 heteroatoms. The molecule has 2 saturated heterocycles. The van der Waals surface area contributed by atoms with Gasteiger partial charge in [0.25, 0.3) is 0 Å². The van der Waals surface area contributed by atoms with Gasteiger partial charge in [-0.1, -0.05) is 25.5 Å². The highest BCUT2D eigenvalue weighted by atomic mass is 16.5. The molecular formula is C35H54N2O4. The Morgan fingerprint density at radius 3 is 2.34 bits per heavy atom. The fraction of sp³-hybridized carbons (Fsp3) is 0.829. The molecule has 41 heavy (non-hydrogen) atoms. The van der Waals surface area contributed by atoms with E-state index < -0.39 is 11.2 Å². The molecular weight excluding hydrogens is 512 g/mol. The van der Waals surface area contributed by atoms with E-state index in [-0.39, 0.29) is 16.7 Å². The maximum Gasteiger partial charge on any atom is 0.136 e. The Balaban J connectivity index is 1.08. The van der Waals surface area contributed by atoms with Crippen LogP contribution in [0.5, 0.6) is 0 Å². The van der Waals surface area contributed by atoms with E-state index in [9.17, 15) is 5.11 Å². The molecule has 6 nitrogen and oxygen atoms in total. The number of furan rings is 1. The van der Waals surface area contributed by atoms with E-state index in [1.807, 2.05) is 6.07 Å². The van der Waals surface area contributed by atoms with Gasteiger partial charge in [0.15, 0.2) is 0 Å². The van der Waals surface area contributed by atoms with Crippen LogP contribution in [-0.4, -0.2) is 79.1 Å². The molecule has 0 unspecified atom stereocenters. The smallest absolute Gasteiger partial charge is 0.136 e. The highest BCUT2D eigenvalue weighted by Crippen LogP contribution is 2.71. The molecule has 3 heterocycles. The molecule has 1 aromatic heterocycles. The molecule has 0 radical (unpaired) electrons. The molecule has 4 aliphatic carbocycles. The highest BCUT2D eigenvalue weighted by Gasteiger charge is 2.73. The number of fused-ring (bicyclic) bond motifs is 5. The van der Waals surface area contributed by atoms with Crippen LogP contribution in [0.3, 0.4) is 0 Å².